The number of aromatic nitrogens is 3. The van der Waals surface area contributed by atoms with Gasteiger partial charge in [0.25, 0.3) is 0 Å². The molecule has 0 unspecified atom stereocenters. The molecule has 1 heterocycles. The van der Waals surface area contributed by atoms with E-state index in [1.807, 2.05) is 4.57 Å². The van der Waals surface area contributed by atoms with E-state index in [-0.39, 0.29) is 0 Å². The second kappa shape index (κ2) is 4.53. The summed E-state index contributed by atoms with van der Waals surface area (Å²) in [6, 6.07) is 12.6. The molecule has 3 aromatic rings. The smallest absolute Gasteiger partial charge is 0.163 e. The van der Waals surface area contributed by atoms with Crippen LogP contribution in [-0.4, -0.2) is 14.8 Å². The van der Waals surface area contributed by atoms with Crippen LogP contribution in [0.1, 0.15) is 6.92 Å². The van der Waals surface area contributed by atoms with E-state index < -0.39 is 0 Å². The zero-order valence-electron chi connectivity index (χ0n) is 9.97. The molecule has 4 heteroatoms. The highest BCUT2D eigenvalue weighted by Crippen LogP contribution is 2.25. The van der Waals surface area contributed by atoms with Gasteiger partial charge in [-0.25, -0.2) is 0 Å². The first-order chi connectivity index (χ1) is 8.78. The molecular formula is C14H12BrN3. The van der Waals surface area contributed by atoms with Gasteiger partial charge in [-0.15, -0.1) is 10.2 Å². The average Bonchev–Trinajstić information content (AvgIpc) is 2.86. The van der Waals surface area contributed by atoms with Crippen molar-refractivity contribution in [2.24, 2.45) is 0 Å². The Morgan fingerprint density at radius 2 is 1.89 bits per heavy atom. The van der Waals surface area contributed by atoms with Crippen LogP contribution in [0.15, 0.2) is 47.2 Å². The Balaban J connectivity index is 2.16. The molecule has 1 aromatic heterocycles. The highest BCUT2D eigenvalue weighted by molar-refractivity contribution is 9.10. The second-order valence-electron chi connectivity index (χ2n) is 4.15. The first-order valence-electron chi connectivity index (χ1n) is 5.85. The third kappa shape index (κ3) is 1.93. The summed E-state index contributed by atoms with van der Waals surface area (Å²) in [5, 5.41) is 10.6. The second-order valence-corrected chi connectivity index (χ2v) is 5.06. The van der Waals surface area contributed by atoms with Crippen LogP contribution in [0.2, 0.25) is 0 Å². The topological polar surface area (TPSA) is 30.7 Å². The van der Waals surface area contributed by atoms with Crippen LogP contribution in [0, 0.1) is 0 Å². The highest BCUT2D eigenvalue weighted by atomic mass is 79.9. The lowest BCUT2D eigenvalue weighted by Crippen LogP contribution is -1.95. The lowest BCUT2D eigenvalue weighted by Gasteiger charge is -2.05. The summed E-state index contributed by atoms with van der Waals surface area (Å²) < 4.78 is 3.14. The number of hydrogen-bond donors (Lipinski definition) is 0. The monoisotopic (exact) mass is 301 g/mol. The van der Waals surface area contributed by atoms with E-state index in [1.54, 1.807) is 6.33 Å². The Morgan fingerprint density at radius 3 is 2.72 bits per heavy atom. The Morgan fingerprint density at radius 1 is 1.11 bits per heavy atom. The van der Waals surface area contributed by atoms with Crippen LogP contribution < -0.4 is 0 Å². The fourth-order valence-corrected chi connectivity index (χ4v) is 2.44. The Bertz CT molecular complexity index is 703. The van der Waals surface area contributed by atoms with Crippen LogP contribution in [-0.2, 0) is 6.54 Å². The molecule has 18 heavy (non-hydrogen) atoms. The zero-order valence-corrected chi connectivity index (χ0v) is 11.6. The maximum Gasteiger partial charge on any atom is 0.163 e. The van der Waals surface area contributed by atoms with E-state index in [0.717, 1.165) is 22.4 Å². The molecule has 3 nitrogen and oxygen atoms in total. The van der Waals surface area contributed by atoms with Gasteiger partial charge in [0.05, 0.1) is 0 Å². The van der Waals surface area contributed by atoms with Crippen molar-refractivity contribution in [2.45, 2.75) is 13.5 Å². The van der Waals surface area contributed by atoms with Gasteiger partial charge in [-0.1, -0.05) is 34.1 Å². The summed E-state index contributed by atoms with van der Waals surface area (Å²) in [5.41, 5.74) is 1.10. The summed E-state index contributed by atoms with van der Waals surface area (Å²) in [6.45, 7) is 2.96. The molecule has 0 radical (unpaired) electrons. The standard InChI is InChI=1S/C14H12BrN3/c1-2-18-9-16-17-14(18)12-4-3-11-8-13(15)6-5-10(11)7-12/h3-9H,2H2,1H3. The first-order valence-corrected chi connectivity index (χ1v) is 6.64. The Kier molecular flexibility index (Phi) is 2.88. The maximum absolute atomic E-state index is 4.19. The summed E-state index contributed by atoms with van der Waals surface area (Å²) in [6.07, 6.45) is 1.76. The molecule has 0 aliphatic heterocycles. The summed E-state index contributed by atoms with van der Waals surface area (Å²) >= 11 is 3.49. The van der Waals surface area contributed by atoms with E-state index in [4.69, 9.17) is 0 Å². The number of nitrogens with zero attached hydrogens (tertiary/aromatic N) is 3. The van der Waals surface area contributed by atoms with E-state index in [9.17, 15) is 0 Å². The third-order valence-electron chi connectivity index (χ3n) is 3.02. The molecule has 0 saturated carbocycles. The predicted octanol–water partition coefficient (Wildman–Crippen LogP) is 3.88. The predicted molar refractivity (Wildman–Crippen MR) is 76.3 cm³/mol. The first kappa shape index (κ1) is 11.4. The van der Waals surface area contributed by atoms with Crippen molar-refractivity contribution in [3.05, 3.63) is 47.2 Å². The van der Waals surface area contributed by atoms with E-state index in [2.05, 4.69) is 69.4 Å². The molecule has 0 bridgehead atoms. The van der Waals surface area contributed by atoms with E-state index in [1.165, 1.54) is 10.8 Å². The molecule has 3 rings (SSSR count). The number of aryl methyl sites for hydroxylation is 1. The van der Waals surface area contributed by atoms with Gasteiger partial charge in [-0.3, -0.25) is 0 Å². The fourth-order valence-electron chi connectivity index (χ4n) is 2.07. The fraction of sp³-hybridized carbons (Fsp3) is 0.143. The molecule has 0 saturated heterocycles. The van der Waals surface area contributed by atoms with Crippen LogP contribution >= 0.6 is 15.9 Å². The molecule has 0 amide bonds. The Labute approximate surface area is 114 Å². The van der Waals surface area contributed by atoms with Crippen molar-refractivity contribution in [1.29, 1.82) is 0 Å². The van der Waals surface area contributed by atoms with Gasteiger partial charge in [0.1, 0.15) is 6.33 Å². The largest absolute Gasteiger partial charge is 0.314 e. The number of rotatable bonds is 2. The number of halogens is 1. The van der Waals surface area contributed by atoms with Gasteiger partial charge in [-0.2, -0.15) is 0 Å². The summed E-state index contributed by atoms with van der Waals surface area (Å²) in [5.74, 6) is 0.919. The van der Waals surface area contributed by atoms with Gasteiger partial charge in [-0.05, 0) is 35.9 Å². The number of benzene rings is 2. The van der Waals surface area contributed by atoms with Crippen molar-refractivity contribution in [3.63, 3.8) is 0 Å². The molecule has 0 atom stereocenters. The molecule has 2 aromatic carbocycles. The number of fused-ring (bicyclic) bond motifs is 1. The minimum Gasteiger partial charge on any atom is -0.314 e. The SMILES string of the molecule is CCn1cnnc1-c1ccc2cc(Br)ccc2c1. The van der Waals surface area contributed by atoms with Gasteiger partial charge in [0.2, 0.25) is 0 Å². The van der Waals surface area contributed by atoms with Gasteiger partial charge >= 0.3 is 0 Å². The van der Waals surface area contributed by atoms with E-state index >= 15 is 0 Å². The zero-order chi connectivity index (χ0) is 12.5. The third-order valence-corrected chi connectivity index (χ3v) is 3.51. The van der Waals surface area contributed by atoms with Crippen LogP contribution in [0.25, 0.3) is 22.2 Å². The molecule has 0 N–H and O–H groups in total. The van der Waals surface area contributed by atoms with Gasteiger partial charge < -0.3 is 4.57 Å². The van der Waals surface area contributed by atoms with Crippen molar-refractivity contribution < 1.29 is 0 Å². The lowest BCUT2D eigenvalue weighted by molar-refractivity contribution is 0.767. The molecule has 0 aliphatic carbocycles. The average molecular weight is 302 g/mol. The van der Waals surface area contributed by atoms with Gasteiger partial charge in [0, 0.05) is 16.6 Å². The van der Waals surface area contributed by atoms with Gasteiger partial charge in [0.15, 0.2) is 5.82 Å². The minimum absolute atomic E-state index is 0.876. The highest BCUT2D eigenvalue weighted by Gasteiger charge is 2.06. The molecule has 0 fully saturated rings. The van der Waals surface area contributed by atoms with Crippen LogP contribution in [0.5, 0.6) is 0 Å². The molecule has 0 spiro atoms. The minimum atomic E-state index is 0.876. The maximum atomic E-state index is 4.19. The summed E-state index contributed by atoms with van der Waals surface area (Å²) in [7, 11) is 0. The van der Waals surface area contributed by atoms with Crippen molar-refractivity contribution >= 4 is 26.7 Å². The summed E-state index contributed by atoms with van der Waals surface area (Å²) in [4.78, 5) is 0. The lowest BCUT2D eigenvalue weighted by atomic mass is 10.1. The van der Waals surface area contributed by atoms with Crippen molar-refractivity contribution in [1.82, 2.24) is 14.8 Å². The van der Waals surface area contributed by atoms with Crippen molar-refractivity contribution in [2.75, 3.05) is 0 Å². The normalized spacial score (nSPS) is 11.0. The molecule has 0 aliphatic rings. The number of hydrogen-bond acceptors (Lipinski definition) is 2. The quantitative estimate of drug-likeness (QED) is 0.719. The van der Waals surface area contributed by atoms with Crippen molar-refractivity contribution in [3.8, 4) is 11.4 Å². The van der Waals surface area contributed by atoms with Crippen LogP contribution in [0.3, 0.4) is 0 Å². The van der Waals surface area contributed by atoms with E-state index in [0.29, 0.717) is 0 Å². The molecule has 90 valence electrons. The molecular weight excluding hydrogens is 290 g/mol. The van der Waals surface area contributed by atoms with Crippen LogP contribution in [0.4, 0.5) is 0 Å². The Hall–Kier alpha value is -1.68.